The molecule has 0 spiro atoms. The van der Waals surface area contributed by atoms with E-state index in [9.17, 15) is 9.59 Å². The summed E-state index contributed by atoms with van der Waals surface area (Å²) in [6.07, 6.45) is 2.86. The molecule has 0 saturated heterocycles. The van der Waals surface area contributed by atoms with Crippen molar-refractivity contribution >= 4 is 11.9 Å². The Hall–Kier alpha value is -2.63. The van der Waals surface area contributed by atoms with Gasteiger partial charge in [0.05, 0.1) is 13.0 Å². The number of benzene rings is 1. The molecule has 0 N–H and O–H groups in total. The molecule has 0 amide bonds. The molecule has 1 saturated carbocycles. The summed E-state index contributed by atoms with van der Waals surface area (Å²) in [4.78, 5) is 24.1. The van der Waals surface area contributed by atoms with Crippen LogP contribution in [0.1, 0.15) is 46.9 Å². The van der Waals surface area contributed by atoms with Crippen LogP contribution in [0.15, 0.2) is 36.4 Å². The maximum Gasteiger partial charge on any atom is 0.356 e. The molecule has 1 aromatic carbocycles. The number of aryl methyl sites for hydroxylation is 1. The van der Waals surface area contributed by atoms with Crippen LogP contribution in [0.25, 0.3) is 0 Å². The molecule has 1 aliphatic carbocycles. The van der Waals surface area contributed by atoms with Crippen molar-refractivity contribution in [2.24, 2.45) is 13.0 Å². The highest BCUT2D eigenvalue weighted by Crippen LogP contribution is 2.40. The van der Waals surface area contributed by atoms with Crippen molar-refractivity contribution < 1.29 is 19.1 Å². The summed E-state index contributed by atoms with van der Waals surface area (Å²) < 4.78 is 11.6. The molecule has 1 heterocycles. The average molecular weight is 342 g/mol. The number of hydrogen-bond donors (Lipinski definition) is 0. The summed E-state index contributed by atoms with van der Waals surface area (Å²) in [6.45, 7) is 0.0572. The van der Waals surface area contributed by atoms with E-state index in [4.69, 9.17) is 9.47 Å². The van der Waals surface area contributed by atoms with Crippen molar-refractivity contribution in [3.05, 3.63) is 53.3 Å². The fourth-order valence-electron chi connectivity index (χ4n) is 3.49. The number of hydrogen-bond acceptors (Lipinski definition) is 5. The Balaban J connectivity index is 1.63. The van der Waals surface area contributed by atoms with Crippen LogP contribution >= 0.6 is 0 Å². The number of methoxy groups -OCH3 is 1. The fraction of sp³-hybridized carbons (Fsp3) is 0.421. The highest BCUT2D eigenvalue weighted by Gasteiger charge is 2.35. The van der Waals surface area contributed by atoms with Gasteiger partial charge in [-0.1, -0.05) is 36.8 Å². The van der Waals surface area contributed by atoms with Gasteiger partial charge in [0.1, 0.15) is 18.0 Å². The van der Waals surface area contributed by atoms with Gasteiger partial charge >= 0.3 is 11.9 Å². The van der Waals surface area contributed by atoms with Crippen molar-refractivity contribution in [2.45, 2.75) is 31.8 Å². The summed E-state index contributed by atoms with van der Waals surface area (Å²) in [5.41, 5.74) is 2.05. The Bertz CT molecular complexity index is 754. The number of aromatic nitrogens is 2. The van der Waals surface area contributed by atoms with Gasteiger partial charge in [-0.15, -0.1) is 0 Å². The van der Waals surface area contributed by atoms with Gasteiger partial charge in [-0.2, -0.15) is 5.10 Å². The first kappa shape index (κ1) is 17.2. The van der Waals surface area contributed by atoms with Crippen LogP contribution in [-0.4, -0.2) is 28.8 Å². The van der Waals surface area contributed by atoms with E-state index in [0.29, 0.717) is 11.4 Å². The molecule has 2 aromatic rings. The van der Waals surface area contributed by atoms with E-state index in [1.54, 1.807) is 13.1 Å². The van der Waals surface area contributed by atoms with E-state index < -0.39 is 5.97 Å². The lowest BCUT2D eigenvalue weighted by Gasteiger charge is -2.18. The normalized spacial score (nSPS) is 19.6. The summed E-state index contributed by atoms with van der Waals surface area (Å²) in [5.74, 6) is -0.571. The second-order valence-corrected chi connectivity index (χ2v) is 6.30. The first-order valence-electron chi connectivity index (χ1n) is 8.43. The van der Waals surface area contributed by atoms with E-state index in [1.165, 1.54) is 17.4 Å². The van der Waals surface area contributed by atoms with Crippen molar-refractivity contribution in [3.8, 4) is 0 Å². The Morgan fingerprint density at radius 1 is 1.24 bits per heavy atom. The second-order valence-electron chi connectivity index (χ2n) is 6.30. The SMILES string of the molecule is COC(=O)c1cc(COC(=O)C2CCCC2c2ccccc2)nn1C. The third kappa shape index (κ3) is 3.73. The molecular weight excluding hydrogens is 320 g/mol. The van der Waals surface area contributed by atoms with E-state index in [0.717, 1.165) is 19.3 Å². The Kier molecular flexibility index (Phi) is 5.16. The molecule has 132 valence electrons. The monoisotopic (exact) mass is 342 g/mol. The highest BCUT2D eigenvalue weighted by atomic mass is 16.5. The van der Waals surface area contributed by atoms with Gasteiger partial charge in [-0.05, 0) is 30.4 Å². The van der Waals surface area contributed by atoms with E-state index in [2.05, 4.69) is 17.2 Å². The molecule has 25 heavy (non-hydrogen) atoms. The van der Waals surface area contributed by atoms with Gasteiger partial charge in [0, 0.05) is 7.05 Å². The van der Waals surface area contributed by atoms with Gasteiger partial charge in [0.15, 0.2) is 0 Å². The molecule has 0 aliphatic heterocycles. The van der Waals surface area contributed by atoms with Crippen molar-refractivity contribution in [1.29, 1.82) is 0 Å². The van der Waals surface area contributed by atoms with Crippen molar-refractivity contribution in [2.75, 3.05) is 7.11 Å². The van der Waals surface area contributed by atoms with Crippen LogP contribution in [0.3, 0.4) is 0 Å². The third-order valence-electron chi connectivity index (χ3n) is 4.73. The maximum atomic E-state index is 12.5. The lowest BCUT2D eigenvalue weighted by Crippen LogP contribution is -2.20. The maximum absolute atomic E-state index is 12.5. The minimum atomic E-state index is -0.465. The topological polar surface area (TPSA) is 70.4 Å². The Morgan fingerprint density at radius 3 is 2.72 bits per heavy atom. The molecular formula is C19H22N2O4. The molecule has 1 aromatic heterocycles. The number of carbonyl (C=O) groups is 2. The summed E-state index contributed by atoms with van der Waals surface area (Å²) in [6, 6.07) is 11.7. The lowest BCUT2D eigenvalue weighted by atomic mass is 9.89. The van der Waals surface area contributed by atoms with Crippen molar-refractivity contribution in [1.82, 2.24) is 9.78 Å². The van der Waals surface area contributed by atoms with Gasteiger partial charge < -0.3 is 9.47 Å². The van der Waals surface area contributed by atoms with Gasteiger partial charge in [-0.3, -0.25) is 9.48 Å². The lowest BCUT2D eigenvalue weighted by molar-refractivity contribution is -0.150. The van der Waals surface area contributed by atoms with Crippen LogP contribution in [0.4, 0.5) is 0 Å². The Morgan fingerprint density at radius 2 is 2.00 bits per heavy atom. The highest BCUT2D eigenvalue weighted by molar-refractivity contribution is 5.87. The molecule has 6 nitrogen and oxygen atoms in total. The minimum Gasteiger partial charge on any atom is -0.464 e. The van der Waals surface area contributed by atoms with E-state index in [1.807, 2.05) is 18.2 Å². The second kappa shape index (κ2) is 7.51. The molecule has 2 atom stereocenters. The smallest absolute Gasteiger partial charge is 0.356 e. The first-order valence-corrected chi connectivity index (χ1v) is 8.43. The van der Waals surface area contributed by atoms with Gasteiger partial charge in [-0.25, -0.2) is 4.79 Å². The molecule has 1 aliphatic rings. The molecule has 3 rings (SSSR count). The van der Waals surface area contributed by atoms with Crippen LogP contribution in [0.2, 0.25) is 0 Å². The summed E-state index contributed by atoms with van der Waals surface area (Å²) in [7, 11) is 2.97. The summed E-state index contributed by atoms with van der Waals surface area (Å²) >= 11 is 0. The molecule has 2 unspecified atom stereocenters. The molecule has 1 fully saturated rings. The average Bonchev–Trinajstić information content (AvgIpc) is 3.26. The van der Waals surface area contributed by atoms with E-state index >= 15 is 0 Å². The fourth-order valence-corrected chi connectivity index (χ4v) is 3.49. The van der Waals surface area contributed by atoms with Crippen LogP contribution in [0.5, 0.6) is 0 Å². The number of carbonyl (C=O) groups excluding carboxylic acids is 2. The zero-order valence-electron chi connectivity index (χ0n) is 14.5. The zero-order valence-corrected chi connectivity index (χ0v) is 14.5. The standard InChI is InChI=1S/C19H22N2O4/c1-21-17(19(23)24-2)11-14(20-21)12-25-18(22)16-10-6-9-15(16)13-7-4-3-5-8-13/h3-5,7-8,11,15-16H,6,9-10,12H2,1-2H3. The molecule has 0 bridgehead atoms. The molecule has 0 radical (unpaired) electrons. The minimum absolute atomic E-state index is 0.0572. The van der Waals surface area contributed by atoms with Gasteiger partial charge in [0.2, 0.25) is 0 Å². The van der Waals surface area contributed by atoms with Gasteiger partial charge in [0.25, 0.3) is 0 Å². The third-order valence-corrected chi connectivity index (χ3v) is 4.73. The molecule has 6 heteroatoms. The van der Waals surface area contributed by atoms with Crippen LogP contribution < -0.4 is 0 Å². The van der Waals surface area contributed by atoms with Crippen LogP contribution in [0, 0.1) is 5.92 Å². The van der Waals surface area contributed by atoms with Crippen molar-refractivity contribution in [3.63, 3.8) is 0 Å². The number of rotatable bonds is 5. The first-order chi connectivity index (χ1) is 12.1. The predicted octanol–water partition coefficient (Wildman–Crippen LogP) is 2.83. The van der Waals surface area contributed by atoms with Crippen LogP contribution in [-0.2, 0) is 27.9 Å². The predicted molar refractivity (Wildman–Crippen MR) is 90.9 cm³/mol. The summed E-state index contributed by atoms with van der Waals surface area (Å²) in [5, 5.41) is 4.19. The number of esters is 2. The number of nitrogens with zero attached hydrogens (tertiary/aromatic N) is 2. The zero-order chi connectivity index (χ0) is 17.8. The largest absolute Gasteiger partial charge is 0.464 e. The number of ether oxygens (including phenoxy) is 2. The Labute approximate surface area is 146 Å². The quantitative estimate of drug-likeness (QED) is 0.782. The van der Waals surface area contributed by atoms with E-state index in [-0.39, 0.29) is 24.4 Å².